The zero-order valence-electron chi connectivity index (χ0n) is 9.32. The lowest BCUT2D eigenvalue weighted by molar-refractivity contribution is 0.0696. The minimum absolute atomic E-state index is 0.331. The summed E-state index contributed by atoms with van der Waals surface area (Å²) in [6, 6.07) is 8.30. The van der Waals surface area contributed by atoms with Gasteiger partial charge in [-0.3, -0.25) is 0 Å². The standard InChI is InChI=1S/C7H6O2.C4H7Cl3O/c8-7(9)6-4-2-1-3-5-6;1-3(2,8)4(5,6)7/h1-5H,(H,8,9);8H,1-2H3. The summed E-state index contributed by atoms with van der Waals surface area (Å²) in [6.07, 6.45) is 0. The fourth-order valence-corrected chi connectivity index (χ4v) is 0.581. The summed E-state index contributed by atoms with van der Waals surface area (Å²) in [6.45, 7) is 2.86. The Morgan fingerprint density at radius 2 is 1.47 bits per heavy atom. The fourth-order valence-electron chi connectivity index (χ4n) is 0.581. The molecule has 17 heavy (non-hydrogen) atoms. The van der Waals surface area contributed by atoms with Crippen LogP contribution in [-0.2, 0) is 0 Å². The average molecular weight is 300 g/mol. The second-order valence-electron chi connectivity index (χ2n) is 3.73. The van der Waals surface area contributed by atoms with Crippen molar-refractivity contribution < 1.29 is 15.0 Å². The molecule has 0 unspecified atom stereocenters. The Labute approximate surface area is 115 Å². The molecule has 3 nitrogen and oxygen atoms in total. The molecule has 1 rings (SSSR count). The number of halogens is 3. The van der Waals surface area contributed by atoms with Crippen molar-refractivity contribution in [3.63, 3.8) is 0 Å². The van der Waals surface area contributed by atoms with E-state index in [-0.39, 0.29) is 0 Å². The molecule has 0 amide bonds. The van der Waals surface area contributed by atoms with Crippen LogP contribution in [0.1, 0.15) is 24.2 Å². The summed E-state index contributed by atoms with van der Waals surface area (Å²) in [5, 5.41) is 17.3. The van der Waals surface area contributed by atoms with E-state index < -0.39 is 15.4 Å². The topological polar surface area (TPSA) is 57.5 Å². The highest BCUT2D eigenvalue weighted by Gasteiger charge is 2.38. The molecule has 0 saturated carbocycles. The summed E-state index contributed by atoms with van der Waals surface area (Å²) in [7, 11) is 0. The van der Waals surface area contributed by atoms with E-state index in [4.69, 9.17) is 45.0 Å². The molecule has 0 spiro atoms. The van der Waals surface area contributed by atoms with Crippen molar-refractivity contribution in [3.05, 3.63) is 35.9 Å². The Morgan fingerprint density at radius 3 is 1.65 bits per heavy atom. The highest BCUT2D eigenvalue weighted by atomic mass is 35.6. The largest absolute Gasteiger partial charge is 0.478 e. The van der Waals surface area contributed by atoms with E-state index in [1.54, 1.807) is 30.3 Å². The van der Waals surface area contributed by atoms with Crippen LogP contribution >= 0.6 is 34.8 Å². The molecule has 0 atom stereocenters. The SMILES string of the molecule is CC(C)(O)C(Cl)(Cl)Cl.O=C(O)c1ccccc1. The second kappa shape index (κ2) is 6.45. The highest BCUT2D eigenvalue weighted by molar-refractivity contribution is 6.68. The molecule has 0 aliphatic rings. The van der Waals surface area contributed by atoms with Gasteiger partial charge in [-0.25, -0.2) is 4.79 Å². The lowest BCUT2D eigenvalue weighted by atomic mass is 10.2. The molecule has 0 aliphatic heterocycles. The molecule has 0 bridgehead atoms. The van der Waals surface area contributed by atoms with E-state index in [1.165, 1.54) is 13.8 Å². The predicted molar refractivity (Wildman–Crippen MR) is 70.0 cm³/mol. The van der Waals surface area contributed by atoms with Gasteiger partial charge in [0.2, 0.25) is 3.79 Å². The minimum atomic E-state index is -1.59. The number of hydrogen-bond acceptors (Lipinski definition) is 2. The Bertz CT molecular complexity index is 340. The number of rotatable bonds is 1. The molecule has 2 N–H and O–H groups in total. The third kappa shape index (κ3) is 6.74. The number of hydrogen-bond donors (Lipinski definition) is 2. The first-order valence-electron chi connectivity index (χ1n) is 4.63. The molecular formula is C11H13Cl3O3. The summed E-state index contributed by atoms with van der Waals surface area (Å²) in [5.41, 5.74) is -0.935. The van der Waals surface area contributed by atoms with Crippen molar-refractivity contribution in [2.45, 2.75) is 23.2 Å². The van der Waals surface area contributed by atoms with Crippen molar-refractivity contribution in [3.8, 4) is 0 Å². The Morgan fingerprint density at radius 1 is 1.12 bits per heavy atom. The molecule has 0 radical (unpaired) electrons. The second-order valence-corrected chi connectivity index (χ2v) is 6.01. The van der Waals surface area contributed by atoms with Crippen LogP contribution in [0.25, 0.3) is 0 Å². The summed E-state index contributed by atoms with van der Waals surface area (Å²) in [5.74, 6) is -0.879. The van der Waals surface area contributed by atoms with Crippen molar-refractivity contribution in [2.24, 2.45) is 0 Å². The molecule has 1 aromatic rings. The van der Waals surface area contributed by atoms with E-state index in [2.05, 4.69) is 0 Å². The van der Waals surface area contributed by atoms with Crippen LogP contribution < -0.4 is 0 Å². The number of carboxylic acids is 1. The maximum absolute atomic E-state index is 10.2. The number of alkyl halides is 3. The van der Waals surface area contributed by atoms with Crippen molar-refractivity contribution >= 4 is 40.8 Å². The number of aliphatic hydroxyl groups is 1. The minimum Gasteiger partial charge on any atom is -0.478 e. The van der Waals surface area contributed by atoms with Gasteiger partial charge in [0.15, 0.2) is 0 Å². The van der Waals surface area contributed by atoms with E-state index in [0.717, 1.165) is 0 Å². The van der Waals surface area contributed by atoms with Gasteiger partial charge in [0.1, 0.15) is 5.60 Å². The van der Waals surface area contributed by atoms with Gasteiger partial charge in [-0.05, 0) is 26.0 Å². The molecule has 1 aromatic carbocycles. The number of carboxylic acid groups (broad SMARTS) is 1. The van der Waals surface area contributed by atoms with Crippen LogP contribution in [0.15, 0.2) is 30.3 Å². The van der Waals surface area contributed by atoms with Crippen molar-refractivity contribution in [1.29, 1.82) is 0 Å². The van der Waals surface area contributed by atoms with Gasteiger partial charge in [0.25, 0.3) is 0 Å². The van der Waals surface area contributed by atoms with Crippen LogP contribution in [0.2, 0.25) is 0 Å². The molecule has 0 aromatic heterocycles. The smallest absolute Gasteiger partial charge is 0.335 e. The molecule has 0 fully saturated rings. The van der Waals surface area contributed by atoms with Crippen LogP contribution in [0.5, 0.6) is 0 Å². The van der Waals surface area contributed by atoms with Gasteiger partial charge < -0.3 is 10.2 Å². The lowest BCUT2D eigenvalue weighted by Gasteiger charge is -2.25. The Balaban J connectivity index is 0.000000304. The highest BCUT2D eigenvalue weighted by Crippen LogP contribution is 2.37. The van der Waals surface area contributed by atoms with Crippen molar-refractivity contribution in [1.82, 2.24) is 0 Å². The molecule has 96 valence electrons. The van der Waals surface area contributed by atoms with Crippen LogP contribution in [0.3, 0.4) is 0 Å². The number of aromatic carboxylic acids is 1. The lowest BCUT2D eigenvalue weighted by Crippen LogP contribution is -2.35. The first-order valence-corrected chi connectivity index (χ1v) is 5.76. The maximum atomic E-state index is 10.2. The predicted octanol–water partition coefficient (Wildman–Crippen LogP) is 3.51. The molecule has 6 heteroatoms. The summed E-state index contributed by atoms with van der Waals surface area (Å²) < 4.78 is -1.59. The fraction of sp³-hybridized carbons (Fsp3) is 0.364. The third-order valence-corrected chi connectivity index (χ3v) is 3.10. The summed E-state index contributed by atoms with van der Waals surface area (Å²) >= 11 is 15.9. The van der Waals surface area contributed by atoms with Gasteiger partial charge in [-0.2, -0.15) is 0 Å². The first kappa shape index (κ1) is 16.5. The van der Waals surface area contributed by atoms with Crippen LogP contribution in [0, 0.1) is 0 Å². The zero-order valence-corrected chi connectivity index (χ0v) is 11.6. The normalized spacial score (nSPS) is 11.4. The molecular weight excluding hydrogens is 286 g/mol. The van der Waals surface area contributed by atoms with E-state index in [1.807, 2.05) is 0 Å². The van der Waals surface area contributed by atoms with Gasteiger partial charge in [0, 0.05) is 0 Å². The average Bonchev–Trinajstić information content (AvgIpc) is 2.17. The van der Waals surface area contributed by atoms with Gasteiger partial charge in [0.05, 0.1) is 5.56 Å². The van der Waals surface area contributed by atoms with E-state index in [0.29, 0.717) is 5.56 Å². The molecule has 0 aliphatic carbocycles. The quantitative estimate of drug-likeness (QED) is 0.780. The van der Waals surface area contributed by atoms with E-state index >= 15 is 0 Å². The maximum Gasteiger partial charge on any atom is 0.335 e. The molecule has 0 heterocycles. The van der Waals surface area contributed by atoms with Crippen molar-refractivity contribution in [2.75, 3.05) is 0 Å². The summed E-state index contributed by atoms with van der Waals surface area (Å²) in [4.78, 5) is 10.2. The number of benzene rings is 1. The molecule has 0 saturated heterocycles. The van der Waals surface area contributed by atoms with E-state index in [9.17, 15) is 4.79 Å². The van der Waals surface area contributed by atoms with Gasteiger partial charge in [-0.15, -0.1) is 0 Å². The third-order valence-electron chi connectivity index (χ3n) is 1.71. The zero-order chi connectivity index (χ0) is 13.7. The Hall–Kier alpha value is -0.480. The Kier molecular flexibility index (Phi) is 6.27. The first-order chi connectivity index (χ1) is 7.55. The number of carbonyl (C=O) groups is 1. The van der Waals surface area contributed by atoms with Gasteiger partial charge >= 0.3 is 5.97 Å². The monoisotopic (exact) mass is 298 g/mol. The van der Waals surface area contributed by atoms with Gasteiger partial charge in [-0.1, -0.05) is 53.0 Å². The van der Waals surface area contributed by atoms with Crippen LogP contribution in [-0.4, -0.2) is 25.6 Å². The van der Waals surface area contributed by atoms with Crippen LogP contribution in [0.4, 0.5) is 0 Å².